The standard InChI is InChI=1S/C21H21NO/c1-16-10-9-15-20(17(16)2)21(23-22,18-11-5-3-6-12-18)19-13-7-4-8-14-19/h3-15H,22H2,1-2H3. The summed E-state index contributed by atoms with van der Waals surface area (Å²) in [6, 6.07) is 26.5. The van der Waals surface area contributed by atoms with Crippen LogP contribution in [0.3, 0.4) is 0 Å². The Bertz CT molecular complexity index is 742. The quantitative estimate of drug-likeness (QED) is 0.569. The second-order valence-corrected chi connectivity index (χ2v) is 5.78. The summed E-state index contributed by atoms with van der Waals surface area (Å²) in [5.41, 5.74) is 4.68. The van der Waals surface area contributed by atoms with Gasteiger partial charge in [0.25, 0.3) is 0 Å². The van der Waals surface area contributed by atoms with E-state index in [9.17, 15) is 0 Å². The molecule has 2 N–H and O–H groups in total. The summed E-state index contributed by atoms with van der Waals surface area (Å²) in [4.78, 5) is 5.73. The van der Waals surface area contributed by atoms with Gasteiger partial charge in [-0.3, -0.25) is 4.84 Å². The van der Waals surface area contributed by atoms with Crippen molar-refractivity contribution >= 4 is 0 Å². The molecule has 3 rings (SSSR count). The Morgan fingerprint density at radius 1 is 0.696 bits per heavy atom. The monoisotopic (exact) mass is 303 g/mol. The number of rotatable bonds is 4. The molecule has 3 aromatic rings. The van der Waals surface area contributed by atoms with Crippen molar-refractivity contribution < 1.29 is 4.84 Å². The van der Waals surface area contributed by atoms with Gasteiger partial charge >= 0.3 is 0 Å². The molecule has 0 saturated heterocycles. The zero-order valence-electron chi connectivity index (χ0n) is 13.5. The summed E-state index contributed by atoms with van der Waals surface area (Å²) in [5.74, 6) is 5.92. The lowest BCUT2D eigenvalue weighted by molar-refractivity contribution is 0.0113. The van der Waals surface area contributed by atoms with Crippen LogP contribution in [0, 0.1) is 13.8 Å². The van der Waals surface area contributed by atoms with E-state index in [1.165, 1.54) is 11.1 Å². The highest BCUT2D eigenvalue weighted by molar-refractivity contribution is 5.51. The molecule has 2 heteroatoms. The zero-order chi connectivity index (χ0) is 16.3. The predicted octanol–water partition coefficient (Wildman–Crippen LogP) is 4.49. The Labute approximate surface area is 137 Å². The lowest BCUT2D eigenvalue weighted by Crippen LogP contribution is -2.36. The summed E-state index contributed by atoms with van der Waals surface area (Å²) < 4.78 is 0. The molecule has 116 valence electrons. The minimum absolute atomic E-state index is 0.821. The second-order valence-electron chi connectivity index (χ2n) is 5.78. The molecule has 0 spiro atoms. The summed E-state index contributed by atoms with van der Waals surface area (Å²) >= 11 is 0. The largest absolute Gasteiger partial charge is 0.283 e. The van der Waals surface area contributed by atoms with Crippen LogP contribution in [0.25, 0.3) is 0 Å². The van der Waals surface area contributed by atoms with E-state index in [2.05, 4.69) is 56.3 Å². The van der Waals surface area contributed by atoms with Gasteiger partial charge in [0, 0.05) is 0 Å². The van der Waals surface area contributed by atoms with Gasteiger partial charge in [0.1, 0.15) is 0 Å². The first-order valence-corrected chi connectivity index (χ1v) is 7.76. The van der Waals surface area contributed by atoms with Crippen molar-refractivity contribution in [3.63, 3.8) is 0 Å². The van der Waals surface area contributed by atoms with Gasteiger partial charge in [0.05, 0.1) is 0 Å². The van der Waals surface area contributed by atoms with Crippen LogP contribution in [0.4, 0.5) is 0 Å². The SMILES string of the molecule is Cc1cccc(C(ON)(c2ccccc2)c2ccccc2)c1C. The molecule has 0 aliphatic carbocycles. The highest BCUT2D eigenvalue weighted by atomic mass is 16.6. The normalized spacial score (nSPS) is 11.4. The van der Waals surface area contributed by atoms with Crippen molar-refractivity contribution in [2.45, 2.75) is 19.4 Å². The summed E-state index contributed by atoms with van der Waals surface area (Å²) in [6.45, 7) is 4.22. The lowest BCUT2D eigenvalue weighted by atomic mass is 9.78. The fraction of sp³-hybridized carbons (Fsp3) is 0.143. The van der Waals surface area contributed by atoms with E-state index in [1.807, 2.05) is 36.4 Å². The van der Waals surface area contributed by atoms with Crippen molar-refractivity contribution in [1.82, 2.24) is 0 Å². The maximum Gasteiger partial charge on any atom is 0.165 e. The minimum atomic E-state index is -0.821. The van der Waals surface area contributed by atoms with E-state index in [-0.39, 0.29) is 0 Å². The minimum Gasteiger partial charge on any atom is -0.283 e. The third kappa shape index (κ3) is 2.56. The molecule has 0 heterocycles. The molecule has 2 nitrogen and oxygen atoms in total. The molecule has 0 saturated carbocycles. The van der Waals surface area contributed by atoms with Crippen LogP contribution in [-0.2, 0) is 10.4 Å². The molecule has 0 fully saturated rings. The van der Waals surface area contributed by atoms with Gasteiger partial charge in [0.2, 0.25) is 0 Å². The van der Waals surface area contributed by atoms with Crippen LogP contribution in [-0.4, -0.2) is 0 Å². The molecule has 0 aliphatic heterocycles. The fourth-order valence-electron chi connectivity index (χ4n) is 3.16. The second kappa shape index (κ2) is 6.37. The highest BCUT2D eigenvalue weighted by Gasteiger charge is 2.38. The molecule has 3 aromatic carbocycles. The van der Waals surface area contributed by atoms with Gasteiger partial charge in [-0.05, 0) is 41.7 Å². The summed E-state index contributed by atoms with van der Waals surface area (Å²) in [5, 5.41) is 0. The lowest BCUT2D eigenvalue weighted by Gasteiger charge is -2.35. The summed E-state index contributed by atoms with van der Waals surface area (Å²) in [7, 11) is 0. The van der Waals surface area contributed by atoms with E-state index >= 15 is 0 Å². The van der Waals surface area contributed by atoms with Crippen LogP contribution >= 0.6 is 0 Å². The zero-order valence-corrected chi connectivity index (χ0v) is 13.5. The average Bonchev–Trinajstić information content (AvgIpc) is 2.61. The van der Waals surface area contributed by atoms with Gasteiger partial charge in [-0.1, -0.05) is 78.9 Å². The Morgan fingerprint density at radius 2 is 1.22 bits per heavy atom. The van der Waals surface area contributed by atoms with E-state index in [4.69, 9.17) is 10.7 Å². The topological polar surface area (TPSA) is 35.2 Å². The smallest absolute Gasteiger partial charge is 0.165 e. The van der Waals surface area contributed by atoms with Crippen LogP contribution in [0.1, 0.15) is 27.8 Å². The number of hydrogen-bond donors (Lipinski definition) is 1. The molecule has 0 atom stereocenters. The van der Waals surface area contributed by atoms with Crippen molar-refractivity contribution in [3.05, 3.63) is 107 Å². The Hall–Kier alpha value is -2.42. The molecular formula is C21H21NO. The first-order chi connectivity index (χ1) is 11.2. The van der Waals surface area contributed by atoms with Crippen molar-refractivity contribution in [2.75, 3.05) is 0 Å². The van der Waals surface area contributed by atoms with Gasteiger partial charge in [0.15, 0.2) is 5.60 Å². The molecule has 0 amide bonds. The van der Waals surface area contributed by atoms with Crippen molar-refractivity contribution in [3.8, 4) is 0 Å². The maximum absolute atomic E-state index is 5.92. The van der Waals surface area contributed by atoms with Crippen LogP contribution in [0.2, 0.25) is 0 Å². The molecule has 0 aromatic heterocycles. The van der Waals surface area contributed by atoms with Crippen molar-refractivity contribution in [1.29, 1.82) is 0 Å². The van der Waals surface area contributed by atoms with Crippen LogP contribution < -0.4 is 5.90 Å². The third-order valence-corrected chi connectivity index (χ3v) is 4.52. The van der Waals surface area contributed by atoms with E-state index in [0.717, 1.165) is 16.7 Å². The van der Waals surface area contributed by atoms with Crippen LogP contribution in [0.15, 0.2) is 78.9 Å². The molecule has 0 unspecified atom stereocenters. The number of aryl methyl sites for hydroxylation is 1. The van der Waals surface area contributed by atoms with E-state index in [0.29, 0.717) is 0 Å². The van der Waals surface area contributed by atoms with Gasteiger partial charge in [-0.2, -0.15) is 0 Å². The molecule has 0 aliphatic rings. The number of benzene rings is 3. The first kappa shape index (κ1) is 15.5. The third-order valence-electron chi connectivity index (χ3n) is 4.52. The molecule has 23 heavy (non-hydrogen) atoms. The first-order valence-electron chi connectivity index (χ1n) is 7.76. The van der Waals surface area contributed by atoms with Crippen molar-refractivity contribution in [2.24, 2.45) is 5.90 Å². The van der Waals surface area contributed by atoms with E-state index < -0.39 is 5.60 Å². The Kier molecular flexibility index (Phi) is 4.28. The predicted molar refractivity (Wildman–Crippen MR) is 94.0 cm³/mol. The van der Waals surface area contributed by atoms with Crippen LogP contribution in [0.5, 0.6) is 0 Å². The van der Waals surface area contributed by atoms with E-state index in [1.54, 1.807) is 0 Å². The molecule has 0 radical (unpaired) electrons. The highest BCUT2D eigenvalue weighted by Crippen LogP contribution is 2.41. The van der Waals surface area contributed by atoms with Gasteiger partial charge in [-0.25, -0.2) is 5.90 Å². The van der Waals surface area contributed by atoms with Gasteiger partial charge < -0.3 is 0 Å². The number of hydrogen-bond acceptors (Lipinski definition) is 2. The van der Waals surface area contributed by atoms with Gasteiger partial charge in [-0.15, -0.1) is 0 Å². The Morgan fingerprint density at radius 3 is 1.70 bits per heavy atom. The average molecular weight is 303 g/mol. The fourth-order valence-corrected chi connectivity index (χ4v) is 3.16. The summed E-state index contributed by atoms with van der Waals surface area (Å²) in [6.07, 6.45) is 0. The molecule has 0 bridgehead atoms. The Balaban J connectivity index is 2.36. The number of nitrogens with two attached hydrogens (primary N) is 1. The maximum atomic E-state index is 5.92. The molecular weight excluding hydrogens is 282 g/mol.